The number of aromatic nitrogens is 1. The lowest BCUT2D eigenvalue weighted by molar-refractivity contribution is 0.0976. The average molecular weight is 286 g/mol. The molecule has 0 spiro atoms. The van der Waals surface area contributed by atoms with Crippen molar-refractivity contribution in [3.8, 4) is 0 Å². The topological polar surface area (TPSA) is 33.2 Å². The van der Waals surface area contributed by atoms with E-state index in [2.05, 4.69) is 43.0 Å². The van der Waals surface area contributed by atoms with Crippen LogP contribution in [0.15, 0.2) is 24.3 Å². The number of hydrogen-bond acceptors (Lipinski definition) is 4. The van der Waals surface area contributed by atoms with E-state index in [9.17, 15) is 4.79 Å². The molecular weight excluding hydrogens is 268 g/mol. The zero-order chi connectivity index (χ0) is 14.1. The summed E-state index contributed by atoms with van der Waals surface area (Å²) in [7, 11) is 0. The van der Waals surface area contributed by atoms with E-state index in [0.717, 1.165) is 40.8 Å². The smallest absolute Gasteiger partial charge is 0.190 e. The Balaban J connectivity index is 2.00. The molecule has 0 saturated heterocycles. The molecule has 0 amide bonds. The third kappa shape index (κ3) is 2.36. The van der Waals surface area contributed by atoms with E-state index in [0.29, 0.717) is 6.42 Å². The number of carbonyl (C=O) groups excluding carboxylic acids is 1. The van der Waals surface area contributed by atoms with Gasteiger partial charge in [0.15, 0.2) is 10.9 Å². The number of thiazole rings is 1. The molecule has 2 aromatic rings. The van der Waals surface area contributed by atoms with Crippen LogP contribution in [0.5, 0.6) is 0 Å². The van der Waals surface area contributed by atoms with Gasteiger partial charge in [-0.2, -0.15) is 0 Å². The van der Waals surface area contributed by atoms with Crippen molar-refractivity contribution in [1.82, 2.24) is 4.98 Å². The van der Waals surface area contributed by atoms with Crippen molar-refractivity contribution in [2.24, 2.45) is 0 Å². The van der Waals surface area contributed by atoms with Gasteiger partial charge in [0.2, 0.25) is 0 Å². The Labute approximate surface area is 123 Å². The molecule has 0 atom stereocenters. The van der Waals surface area contributed by atoms with Crippen LogP contribution in [0.4, 0.5) is 10.8 Å². The molecule has 3 rings (SSSR count). The average Bonchev–Trinajstić information content (AvgIpc) is 2.85. The molecule has 1 aromatic heterocycles. The van der Waals surface area contributed by atoms with Crippen LogP contribution >= 0.6 is 11.3 Å². The van der Waals surface area contributed by atoms with E-state index in [1.807, 2.05) is 0 Å². The molecule has 0 unspecified atom stereocenters. The Morgan fingerprint density at radius 2 is 2.20 bits per heavy atom. The Bertz CT molecular complexity index is 648. The number of benzene rings is 1. The number of nitrogens with zero attached hydrogens (tertiary/aromatic N) is 2. The highest BCUT2D eigenvalue weighted by molar-refractivity contribution is 7.17. The van der Waals surface area contributed by atoms with E-state index in [4.69, 9.17) is 4.98 Å². The highest BCUT2D eigenvalue weighted by Gasteiger charge is 2.24. The van der Waals surface area contributed by atoms with Crippen molar-refractivity contribution in [2.45, 2.75) is 33.1 Å². The summed E-state index contributed by atoms with van der Waals surface area (Å²) in [5.74, 6) is 0.260. The van der Waals surface area contributed by atoms with Gasteiger partial charge < -0.3 is 4.90 Å². The second-order valence-electron chi connectivity index (χ2n) is 5.13. The molecule has 0 N–H and O–H groups in total. The largest absolute Gasteiger partial charge is 0.318 e. The predicted molar refractivity (Wildman–Crippen MR) is 83.2 cm³/mol. The Morgan fingerprint density at radius 1 is 1.35 bits per heavy atom. The van der Waals surface area contributed by atoms with Crippen molar-refractivity contribution in [3.05, 3.63) is 40.4 Å². The molecule has 104 valence electrons. The minimum absolute atomic E-state index is 0.260. The minimum atomic E-state index is 0.260. The SMILES string of the molecule is CCN(c1cccc(C)c1)c1nc2c(s1)C(=O)CCC2. The van der Waals surface area contributed by atoms with Gasteiger partial charge in [0.05, 0.1) is 10.6 Å². The number of rotatable bonds is 3. The van der Waals surface area contributed by atoms with Crippen LogP contribution in [0.1, 0.15) is 40.7 Å². The third-order valence-electron chi connectivity index (χ3n) is 3.62. The fraction of sp³-hybridized carbons (Fsp3) is 0.375. The van der Waals surface area contributed by atoms with Gasteiger partial charge >= 0.3 is 0 Å². The Morgan fingerprint density at radius 3 is 2.90 bits per heavy atom. The number of hydrogen-bond donors (Lipinski definition) is 0. The second kappa shape index (κ2) is 5.37. The van der Waals surface area contributed by atoms with Gasteiger partial charge in [-0.1, -0.05) is 23.5 Å². The molecule has 1 heterocycles. The lowest BCUT2D eigenvalue weighted by atomic mass is 10.0. The first kappa shape index (κ1) is 13.3. The maximum Gasteiger partial charge on any atom is 0.190 e. The number of Topliss-reactive ketones (excluding diaryl/α,β-unsaturated/α-hetero) is 1. The standard InChI is InChI=1S/C16H18N2OS/c1-3-18(12-7-4-6-11(2)10-12)16-17-13-8-5-9-14(19)15(13)20-16/h4,6-7,10H,3,5,8-9H2,1-2H3. The van der Waals surface area contributed by atoms with Crippen molar-refractivity contribution in [3.63, 3.8) is 0 Å². The molecule has 0 bridgehead atoms. The van der Waals surface area contributed by atoms with Crippen LogP contribution in [0.2, 0.25) is 0 Å². The molecule has 1 aliphatic carbocycles. The maximum atomic E-state index is 12.0. The molecule has 3 nitrogen and oxygen atoms in total. The summed E-state index contributed by atoms with van der Waals surface area (Å²) in [5.41, 5.74) is 3.37. The van der Waals surface area contributed by atoms with E-state index < -0.39 is 0 Å². The van der Waals surface area contributed by atoms with Crippen LogP contribution in [0.3, 0.4) is 0 Å². The first-order valence-corrected chi connectivity index (χ1v) is 7.88. The summed E-state index contributed by atoms with van der Waals surface area (Å²) >= 11 is 1.54. The van der Waals surface area contributed by atoms with Crippen LogP contribution in [0, 0.1) is 6.92 Å². The van der Waals surface area contributed by atoms with Crippen molar-refractivity contribution < 1.29 is 4.79 Å². The molecule has 0 saturated carbocycles. The lowest BCUT2D eigenvalue weighted by Crippen LogP contribution is -2.15. The number of ketones is 1. The van der Waals surface area contributed by atoms with Gasteiger partial charge in [0.1, 0.15) is 0 Å². The first-order chi connectivity index (χ1) is 9.69. The Hall–Kier alpha value is -1.68. The predicted octanol–water partition coefficient (Wildman–Crippen LogP) is 4.13. The van der Waals surface area contributed by atoms with E-state index in [-0.39, 0.29) is 5.78 Å². The van der Waals surface area contributed by atoms with Gasteiger partial charge in [-0.05, 0) is 44.4 Å². The summed E-state index contributed by atoms with van der Waals surface area (Å²) in [4.78, 5) is 19.7. The summed E-state index contributed by atoms with van der Waals surface area (Å²) in [5, 5.41) is 0.943. The van der Waals surface area contributed by atoms with Gasteiger partial charge in [0, 0.05) is 18.7 Å². The zero-order valence-corrected chi connectivity index (χ0v) is 12.7. The van der Waals surface area contributed by atoms with Gasteiger partial charge in [-0.3, -0.25) is 4.79 Å². The van der Waals surface area contributed by atoms with Crippen LogP contribution in [-0.4, -0.2) is 17.3 Å². The Kier molecular flexibility index (Phi) is 3.57. The van der Waals surface area contributed by atoms with E-state index in [1.165, 1.54) is 5.56 Å². The highest BCUT2D eigenvalue weighted by Crippen LogP contribution is 2.35. The summed E-state index contributed by atoms with van der Waals surface area (Å²) in [6, 6.07) is 8.41. The number of carbonyl (C=O) groups is 1. The normalized spacial score (nSPS) is 14.2. The summed E-state index contributed by atoms with van der Waals surface area (Å²) in [6.45, 7) is 5.06. The summed E-state index contributed by atoms with van der Waals surface area (Å²) < 4.78 is 0. The number of aryl methyl sites for hydroxylation is 2. The fourth-order valence-corrected chi connectivity index (χ4v) is 3.76. The van der Waals surface area contributed by atoms with Crippen molar-refractivity contribution >= 4 is 27.9 Å². The molecular formula is C16H18N2OS. The lowest BCUT2D eigenvalue weighted by Gasteiger charge is -2.20. The molecule has 0 aliphatic heterocycles. The molecule has 0 fully saturated rings. The second-order valence-corrected chi connectivity index (χ2v) is 6.11. The van der Waals surface area contributed by atoms with Gasteiger partial charge in [0.25, 0.3) is 0 Å². The molecule has 1 aliphatic rings. The van der Waals surface area contributed by atoms with E-state index >= 15 is 0 Å². The number of anilines is 2. The highest BCUT2D eigenvalue weighted by atomic mass is 32.1. The van der Waals surface area contributed by atoms with Gasteiger partial charge in [-0.25, -0.2) is 4.98 Å². The van der Waals surface area contributed by atoms with E-state index in [1.54, 1.807) is 11.3 Å². The first-order valence-electron chi connectivity index (χ1n) is 7.06. The zero-order valence-electron chi connectivity index (χ0n) is 11.8. The van der Waals surface area contributed by atoms with Crippen LogP contribution in [0.25, 0.3) is 0 Å². The molecule has 1 aromatic carbocycles. The third-order valence-corrected chi connectivity index (χ3v) is 4.78. The monoisotopic (exact) mass is 286 g/mol. The molecule has 0 radical (unpaired) electrons. The minimum Gasteiger partial charge on any atom is -0.318 e. The van der Waals surface area contributed by atoms with Crippen molar-refractivity contribution in [1.29, 1.82) is 0 Å². The number of fused-ring (bicyclic) bond motifs is 1. The summed E-state index contributed by atoms with van der Waals surface area (Å²) in [6.07, 6.45) is 2.54. The molecule has 4 heteroatoms. The van der Waals surface area contributed by atoms with Crippen molar-refractivity contribution in [2.75, 3.05) is 11.4 Å². The molecule has 20 heavy (non-hydrogen) atoms. The van der Waals surface area contributed by atoms with Gasteiger partial charge in [-0.15, -0.1) is 0 Å². The van der Waals surface area contributed by atoms with Crippen LogP contribution in [-0.2, 0) is 6.42 Å². The maximum absolute atomic E-state index is 12.0. The quantitative estimate of drug-likeness (QED) is 0.850. The van der Waals surface area contributed by atoms with Crippen LogP contribution < -0.4 is 4.90 Å². The fourth-order valence-electron chi connectivity index (χ4n) is 2.60.